The molecule has 9 heteroatoms. The molecule has 3 N–H and O–H groups in total. The molecular formula is C19H19N5O4. The van der Waals surface area contributed by atoms with Crippen molar-refractivity contribution >= 4 is 22.9 Å². The number of primary amides is 1. The number of rotatable bonds is 5. The molecular weight excluding hydrogens is 362 g/mol. The second-order valence-corrected chi connectivity index (χ2v) is 6.67. The van der Waals surface area contributed by atoms with E-state index in [0.29, 0.717) is 23.7 Å². The lowest BCUT2D eigenvalue weighted by molar-refractivity contribution is -0.122. The molecule has 9 nitrogen and oxygen atoms in total. The van der Waals surface area contributed by atoms with Crippen LogP contribution in [0.2, 0.25) is 0 Å². The van der Waals surface area contributed by atoms with Crippen LogP contribution in [-0.2, 0) is 11.3 Å². The molecule has 3 aromatic rings. The number of ether oxygens (including phenoxy) is 1. The summed E-state index contributed by atoms with van der Waals surface area (Å²) in [5.74, 6) is 0.595. The Labute approximate surface area is 160 Å². The van der Waals surface area contributed by atoms with Gasteiger partial charge in [0.1, 0.15) is 12.1 Å². The van der Waals surface area contributed by atoms with E-state index in [-0.39, 0.29) is 11.9 Å². The standard InChI is InChI=1S/C19H19N5O4/c20-18(25)16-2-1-6-23(16)10-13-9-17(22-11-21-13)28-14-3-4-15-12(8-14)5-7-24(15)19(26)27/h3-5,7-9,11,16H,1-2,6,10H2,(H2,20,25)(H,26,27)/t16-/m0/s1. The quantitative estimate of drug-likeness (QED) is 0.694. The fourth-order valence-corrected chi connectivity index (χ4v) is 3.54. The minimum atomic E-state index is -1.04. The van der Waals surface area contributed by atoms with Gasteiger partial charge in [-0.3, -0.25) is 14.3 Å². The summed E-state index contributed by atoms with van der Waals surface area (Å²) in [5, 5.41) is 9.90. The van der Waals surface area contributed by atoms with Crippen molar-refractivity contribution < 1.29 is 19.4 Å². The molecule has 0 radical (unpaired) electrons. The summed E-state index contributed by atoms with van der Waals surface area (Å²) in [6.45, 7) is 1.29. The van der Waals surface area contributed by atoms with E-state index in [0.717, 1.165) is 35.0 Å². The SMILES string of the molecule is NC(=O)[C@@H]1CCCN1Cc1cc(Oc2ccc3c(ccn3C(=O)O)c2)ncn1. The van der Waals surface area contributed by atoms with Crippen LogP contribution in [0.3, 0.4) is 0 Å². The molecule has 3 heterocycles. The van der Waals surface area contributed by atoms with E-state index >= 15 is 0 Å². The van der Waals surface area contributed by atoms with Crippen LogP contribution in [0.5, 0.6) is 11.6 Å². The predicted octanol–water partition coefficient (Wildman–Crippen LogP) is 2.20. The highest BCUT2D eigenvalue weighted by Crippen LogP contribution is 2.26. The van der Waals surface area contributed by atoms with Crippen molar-refractivity contribution in [2.24, 2.45) is 5.73 Å². The molecule has 4 rings (SSSR count). The lowest BCUT2D eigenvalue weighted by Gasteiger charge is -2.21. The fourth-order valence-electron chi connectivity index (χ4n) is 3.54. The number of benzene rings is 1. The maximum Gasteiger partial charge on any atom is 0.415 e. The minimum absolute atomic E-state index is 0.264. The fraction of sp³-hybridized carbons (Fsp3) is 0.263. The Kier molecular flexibility index (Phi) is 4.66. The molecule has 0 unspecified atom stereocenters. The Bertz CT molecular complexity index is 1050. The zero-order chi connectivity index (χ0) is 19.7. The monoisotopic (exact) mass is 381 g/mol. The van der Waals surface area contributed by atoms with Gasteiger partial charge in [0.05, 0.1) is 17.3 Å². The Morgan fingerprint density at radius 2 is 2.11 bits per heavy atom. The number of hydrogen-bond acceptors (Lipinski definition) is 6. The molecule has 1 fully saturated rings. The van der Waals surface area contributed by atoms with Crippen molar-refractivity contribution in [3.05, 3.63) is 48.5 Å². The molecule has 1 aliphatic heterocycles. The Balaban J connectivity index is 1.51. The van der Waals surface area contributed by atoms with E-state index in [1.165, 1.54) is 12.5 Å². The Morgan fingerprint density at radius 1 is 1.25 bits per heavy atom. The van der Waals surface area contributed by atoms with Gasteiger partial charge < -0.3 is 15.6 Å². The number of hydrogen-bond donors (Lipinski definition) is 2. The maximum absolute atomic E-state index is 11.5. The molecule has 1 atom stereocenters. The molecule has 1 aromatic carbocycles. The highest BCUT2D eigenvalue weighted by Gasteiger charge is 2.29. The van der Waals surface area contributed by atoms with E-state index in [1.54, 1.807) is 30.3 Å². The van der Waals surface area contributed by atoms with Crippen LogP contribution in [-0.4, -0.2) is 49.1 Å². The third-order valence-electron chi connectivity index (χ3n) is 4.85. The number of carbonyl (C=O) groups excluding carboxylic acids is 1. The van der Waals surface area contributed by atoms with Crippen LogP contribution < -0.4 is 10.5 Å². The van der Waals surface area contributed by atoms with Crippen molar-refractivity contribution in [2.45, 2.75) is 25.4 Å². The van der Waals surface area contributed by atoms with E-state index in [9.17, 15) is 9.59 Å². The lowest BCUT2D eigenvalue weighted by Crippen LogP contribution is -2.39. The second-order valence-electron chi connectivity index (χ2n) is 6.67. The van der Waals surface area contributed by atoms with Gasteiger partial charge in [0.2, 0.25) is 11.8 Å². The van der Waals surface area contributed by atoms with Gasteiger partial charge in [0.15, 0.2) is 0 Å². The predicted molar refractivity (Wildman–Crippen MR) is 100 cm³/mol. The van der Waals surface area contributed by atoms with Crippen molar-refractivity contribution in [2.75, 3.05) is 6.54 Å². The van der Waals surface area contributed by atoms with Gasteiger partial charge in [-0.25, -0.2) is 14.8 Å². The number of nitrogens with two attached hydrogens (primary N) is 1. The molecule has 144 valence electrons. The van der Waals surface area contributed by atoms with Gasteiger partial charge in [0, 0.05) is 24.2 Å². The maximum atomic E-state index is 11.5. The first kappa shape index (κ1) is 17.9. The third-order valence-corrected chi connectivity index (χ3v) is 4.85. The highest BCUT2D eigenvalue weighted by atomic mass is 16.5. The average Bonchev–Trinajstić information content (AvgIpc) is 3.28. The first-order chi connectivity index (χ1) is 13.5. The zero-order valence-corrected chi connectivity index (χ0v) is 15.0. The summed E-state index contributed by atoms with van der Waals surface area (Å²) in [6.07, 6.45) is 3.56. The first-order valence-electron chi connectivity index (χ1n) is 8.88. The molecule has 28 heavy (non-hydrogen) atoms. The summed E-state index contributed by atoms with van der Waals surface area (Å²) in [7, 11) is 0. The summed E-state index contributed by atoms with van der Waals surface area (Å²) >= 11 is 0. The van der Waals surface area contributed by atoms with Gasteiger partial charge >= 0.3 is 6.09 Å². The first-order valence-corrected chi connectivity index (χ1v) is 8.88. The number of aromatic nitrogens is 3. The van der Waals surface area contributed by atoms with Crippen LogP contribution in [0.1, 0.15) is 18.5 Å². The molecule has 0 saturated carbocycles. The van der Waals surface area contributed by atoms with Crippen LogP contribution in [0.15, 0.2) is 42.9 Å². The van der Waals surface area contributed by atoms with Crippen molar-refractivity contribution in [1.82, 2.24) is 19.4 Å². The number of nitrogens with zero attached hydrogens (tertiary/aromatic N) is 4. The largest absolute Gasteiger partial charge is 0.464 e. The topological polar surface area (TPSA) is 124 Å². The lowest BCUT2D eigenvalue weighted by atomic mass is 10.2. The number of likely N-dealkylation sites (tertiary alicyclic amines) is 1. The second kappa shape index (κ2) is 7.28. The molecule has 0 aliphatic carbocycles. The minimum Gasteiger partial charge on any atom is -0.464 e. The van der Waals surface area contributed by atoms with Gasteiger partial charge in [-0.15, -0.1) is 0 Å². The summed E-state index contributed by atoms with van der Waals surface area (Å²) in [4.78, 5) is 33.1. The smallest absolute Gasteiger partial charge is 0.415 e. The average molecular weight is 381 g/mol. The van der Waals surface area contributed by atoms with Crippen LogP contribution >= 0.6 is 0 Å². The van der Waals surface area contributed by atoms with E-state index in [1.807, 2.05) is 4.90 Å². The van der Waals surface area contributed by atoms with Crippen LogP contribution in [0, 0.1) is 0 Å². The number of carboxylic acid groups (broad SMARTS) is 1. The Hall–Kier alpha value is -3.46. The third kappa shape index (κ3) is 3.52. The number of fused-ring (bicyclic) bond motifs is 1. The molecule has 1 saturated heterocycles. The van der Waals surface area contributed by atoms with E-state index in [4.69, 9.17) is 15.6 Å². The van der Waals surface area contributed by atoms with Gasteiger partial charge in [-0.05, 0) is 43.7 Å². The molecule has 1 aliphatic rings. The summed E-state index contributed by atoms with van der Waals surface area (Å²) < 4.78 is 6.96. The van der Waals surface area contributed by atoms with Crippen molar-refractivity contribution in [3.63, 3.8) is 0 Å². The van der Waals surface area contributed by atoms with Crippen LogP contribution in [0.25, 0.3) is 10.9 Å². The highest BCUT2D eigenvalue weighted by molar-refractivity contribution is 5.89. The molecule has 0 spiro atoms. The van der Waals surface area contributed by atoms with Crippen molar-refractivity contribution in [1.29, 1.82) is 0 Å². The number of carbonyl (C=O) groups is 2. The number of amides is 1. The summed E-state index contributed by atoms with van der Waals surface area (Å²) in [6, 6.07) is 8.29. The van der Waals surface area contributed by atoms with E-state index in [2.05, 4.69) is 9.97 Å². The Morgan fingerprint density at radius 3 is 2.89 bits per heavy atom. The van der Waals surface area contributed by atoms with Crippen LogP contribution in [0.4, 0.5) is 4.79 Å². The molecule has 2 aromatic heterocycles. The summed E-state index contributed by atoms with van der Waals surface area (Å²) in [5.41, 5.74) is 6.77. The van der Waals surface area contributed by atoms with Gasteiger partial charge in [0.25, 0.3) is 0 Å². The normalized spacial score (nSPS) is 17.1. The van der Waals surface area contributed by atoms with Crippen molar-refractivity contribution in [3.8, 4) is 11.6 Å². The van der Waals surface area contributed by atoms with E-state index < -0.39 is 6.09 Å². The van der Waals surface area contributed by atoms with Gasteiger partial charge in [-0.1, -0.05) is 0 Å². The molecule has 0 bridgehead atoms. The zero-order valence-electron chi connectivity index (χ0n) is 15.0. The van der Waals surface area contributed by atoms with Gasteiger partial charge in [-0.2, -0.15) is 0 Å². The molecule has 1 amide bonds.